The minimum atomic E-state index is -3.12. The number of sulfonamides is 1. The predicted octanol–water partition coefficient (Wildman–Crippen LogP) is 1.50. The first-order valence-corrected chi connectivity index (χ1v) is 10.3. The van der Waals surface area contributed by atoms with Crippen molar-refractivity contribution in [3.05, 3.63) is 17.5 Å². The van der Waals surface area contributed by atoms with Gasteiger partial charge in [0.05, 0.1) is 11.4 Å². The number of aliphatic imine (C=N–C) groups is 1. The predicted molar refractivity (Wildman–Crippen MR) is 118 cm³/mol. The van der Waals surface area contributed by atoms with Crippen molar-refractivity contribution in [2.45, 2.75) is 39.7 Å². The third kappa shape index (κ3) is 8.21. The average Bonchev–Trinajstić information content (AvgIpc) is 2.91. The molecule has 1 aromatic rings. The molecule has 0 fully saturated rings. The molecule has 0 atom stereocenters. The lowest BCUT2D eigenvalue weighted by Gasteiger charge is -2.22. The summed E-state index contributed by atoms with van der Waals surface area (Å²) in [6.45, 7) is 7.68. The van der Waals surface area contributed by atoms with Crippen LogP contribution in [0, 0.1) is 0 Å². The van der Waals surface area contributed by atoms with E-state index < -0.39 is 10.0 Å². The summed E-state index contributed by atoms with van der Waals surface area (Å²) in [5.41, 5.74) is 2.28. The Balaban J connectivity index is 0.00000625. The van der Waals surface area contributed by atoms with Crippen LogP contribution in [0.5, 0.6) is 0 Å². The molecule has 0 saturated heterocycles. The van der Waals surface area contributed by atoms with Gasteiger partial charge in [-0.3, -0.25) is 9.67 Å². The van der Waals surface area contributed by atoms with Gasteiger partial charge in [-0.2, -0.15) is 5.10 Å². The van der Waals surface area contributed by atoms with Crippen LogP contribution in [-0.2, 0) is 23.6 Å². The third-order valence-corrected chi connectivity index (χ3v) is 5.21. The maximum absolute atomic E-state index is 11.4. The summed E-state index contributed by atoms with van der Waals surface area (Å²) >= 11 is 0. The Labute approximate surface area is 174 Å². The molecule has 1 aromatic heterocycles. The van der Waals surface area contributed by atoms with Gasteiger partial charge in [-0.25, -0.2) is 13.1 Å². The molecule has 0 bridgehead atoms. The van der Waals surface area contributed by atoms with Crippen LogP contribution in [0.25, 0.3) is 0 Å². The van der Waals surface area contributed by atoms with E-state index >= 15 is 0 Å². The van der Waals surface area contributed by atoms with Crippen LogP contribution >= 0.6 is 24.0 Å². The molecule has 26 heavy (non-hydrogen) atoms. The van der Waals surface area contributed by atoms with E-state index in [1.165, 1.54) is 5.56 Å². The molecule has 0 aliphatic rings. The number of halogens is 1. The van der Waals surface area contributed by atoms with Crippen LogP contribution in [0.15, 0.2) is 11.2 Å². The van der Waals surface area contributed by atoms with Crippen molar-refractivity contribution >= 4 is 40.0 Å². The summed E-state index contributed by atoms with van der Waals surface area (Å²) in [5, 5.41) is 7.79. The fourth-order valence-corrected chi connectivity index (χ4v) is 3.16. The zero-order chi connectivity index (χ0) is 19.0. The van der Waals surface area contributed by atoms with Crippen molar-refractivity contribution in [1.82, 2.24) is 24.7 Å². The van der Waals surface area contributed by atoms with Crippen molar-refractivity contribution in [3.63, 3.8) is 0 Å². The quantitative estimate of drug-likeness (QED) is 0.232. The zero-order valence-corrected chi connectivity index (χ0v) is 19.8. The van der Waals surface area contributed by atoms with Gasteiger partial charge in [0.1, 0.15) is 0 Å². The van der Waals surface area contributed by atoms with Gasteiger partial charge in [-0.15, -0.1) is 24.0 Å². The minimum Gasteiger partial charge on any atom is -0.356 e. The Hall–Kier alpha value is -0.880. The molecule has 0 spiro atoms. The first-order valence-electron chi connectivity index (χ1n) is 8.61. The molecule has 0 unspecified atom stereocenters. The van der Waals surface area contributed by atoms with Gasteiger partial charge in [0, 0.05) is 52.5 Å². The van der Waals surface area contributed by atoms with Gasteiger partial charge in [-0.05, 0) is 19.3 Å². The number of aryl methyl sites for hydroxylation is 1. The summed E-state index contributed by atoms with van der Waals surface area (Å²) in [6, 6.07) is 0. The Kier molecular flexibility index (Phi) is 11.4. The standard InChI is InChI=1S/C16H32N6O2S.HI/c1-7-25(23,24)19-10-8-9-18-16(17-4)21(5)11-14-12-22(6)20-15(14)13(2)3;/h12-13,19H,7-11H2,1-6H3,(H,17,18);1H. The first kappa shape index (κ1) is 25.1. The average molecular weight is 500 g/mol. The van der Waals surface area contributed by atoms with Gasteiger partial charge < -0.3 is 10.2 Å². The van der Waals surface area contributed by atoms with Crippen LogP contribution in [0.1, 0.15) is 44.4 Å². The van der Waals surface area contributed by atoms with E-state index in [0.717, 1.165) is 11.7 Å². The van der Waals surface area contributed by atoms with E-state index in [2.05, 4.69) is 34.0 Å². The fourth-order valence-electron chi connectivity index (χ4n) is 2.50. The molecule has 0 saturated carbocycles. The van der Waals surface area contributed by atoms with Gasteiger partial charge in [0.2, 0.25) is 10.0 Å². The largest absolute Gasteiger partial charge is 0.356 e. The number of rotatable bonds is 9. The van der Waals surface area contributed by atoms with Crippen LogP contribution in [0.3, 0.4) is 0 Å². The maximum atomic E-state index is 11.4. The SMILES string of the molecule is CCS(=O)(=O)NCCCNC(=NC)N(C)Cc1cn(C)nc1C(C)C.I. The molecule has 10 heteroatoms. The summed E-state index contributed by atoms with van der Waals surface area (Å²) in [6.07, 6.45) is 2.73. The first-order chi connectivity index (χ1) is 11.7. The number of nitrogens with zero attached hydrogens (tertiary/aromatic N) is 4. The van der Waals surface area contributed by atoms with Crippen LogP contribution in [0.2, 0.25) is 0 Å². The molecular weight excluding hydrogens is 467 g/mol. The maximum Gasteiger partial charge on any atom is 0.211 e. The molecule has 1 heterocycles. The number of aromatic nitrogens is 2. The second-order valence-electron chi connectivity index (χ2n) is 6.35. The minimum absolute atomic E-state index is 0. The molecule has 0 aliphatic carbocycles. The third-order valence-electron chi connectivity index (χ3n) is 3.80. The number of guanidine groups is 1. The van der Waals surface area contributed by atoms with Crippen molar-refractivity contribution in [1.29, 1.82) is 0 Å². The van der Waals surface area contributed by atoms with E-state index in [9.17, 15) is 8.42 Å². The van der Waals surface area contributed by atoms with Gasteiger partial charge >= 0.3 is 0 Å². The molecule has 152 valence electrons. The van der Waals surface area contributed by atoms with E-state index in [4.69, 9.17) is 0 Å². The van der Waals surface area contributed by atoms with Crippen LogP contribution in [-0.4, -0.2) is 62.0 Å². The molecule has 0 amide bonds. The molecule has 0 aromatic carbocycles. The highest BCUT2D eigenvalue weighted by molar-refractivity contribution is 14.0. The highest BCUT2D eigenvalue weighted by Crippen LogP contribution is 2.18. The molecule has 0 aliphatic heterocycles. The van der Waals surface area contributed by atoms with Crippen molar-refractivity contribution < 1.29 is 8.42 Å². The Morgan fingerprint density at radius 1 is 1.38 bits per heavy atom. The molecule has 2 N–H and O–H groups in total. The van der Waals surface area contributed by atoms with Crippen LogP contribution in [0.4, 0.5) is 0 Å². The topological polar surface area (TPSA) is 91.6 Å². The number of hydrogen-bond donors (Lipinski definition) is 2. The Morgan fingerprint density at radius 3 is 2.58 bits per heavy atom. The second-order valence-corrected chi connectivity index (χ2v) is 8.44. The molecule has 1 rings (SSSR count). The van der Waals surface area contributed by atoms with Crippen molar-refractivity contribution in [3.8, 4) is 0 Å². The van der Waals surface area contributed by atoms with Gasteiger partial charge in [0.25, 0.3) is 0 Å². The van der Waals surface area contributed by atoms with Crippen LogP contribution < -0.4 is 10.0 Å². The number of hydrogen-bond acceptors (Lipinski definition) is 4. The monoisotopic (exact) mass is 500 g/mol. The summed E-state index contributed by atoms with van der Waals surface area (Å²) in [4.78, 5) is 6.33. The lowest BCUT2D eigenvalue weighted by Crippen LogP contribution is -2.39. The Morgan fingerprint density at radius 2 is 2.04 bits per heavy atom. The number of nitrogens with one attached hydrogen (secondary N) is 2. The fraction of sp³-hybridized carbons (Fsp3) is 0.750. The Bertz CT molecular complexity index is 672. The summed E-state index contributed by atoms with van der Waals surface area (Å²) in [5.74, 6) is 1.25. The normalized spacial score (nSPS) is 12.2. The van der Waals surface area contributed by atoms with Gasteiger partial charge in [0.15, 0.2) is 5.96 Å². The van der Waals surface area contributed by atoms with E-state index in [1.807, 2.05) is 29.9 Å². The smallest absolute Gasteiger partial charge is 0.211 e. The second kappa shape index (κ2) is 11.8. The summed E-state index contributed by atoms with van der Waals surface area (Å²) in [7, 11) is 2.53. The highest BCUT2D eigenvalue weighted by Gasteiger charge is 2.15. The van der Waals surface area contributed by atoms with E-state index in [-0.39, 0.29) is 29.7 Å². The zero-order valence-electron chi connectivity index (χ0n) is 16.6. The highest BCUT2D eigenvalue weighted by atomic mass is 127. The lowest BCUT2D eigenvalue weighted by atomic mass is 10.1. The van der Waals surface area contributed by atoms with Crippen molar-refractivity contribution in [2.75, 3.05) is 32.9 Å². The molecular formula is C16H33IN6O2S. The van der Waals surface area contributed by atoms with E-state index in [1.54, 1.807) is 14.0 Å². The van der Waals surface area contributed by atoms with Gasteiger partial charge in [-0.1, -0.05) is 13.8 Å². The molecule has 0 radical (unpaired) electrons. The summed E-state index contributed by atoms with van der Waals surface area (Å²) < 4.78 is 27.2. The molecule has 8 nitrogen and oxygen atoms in total. The lowest BCUT2D eigenvalue weighted by molar-refractivity contribution is 0.472. The van der Waals surface area contributed by atoms with Crippen molar-refractivity contribution in [2.24, 2.45) is 12.0 Å². The van der Waals surface area contributed by atoms with E-state index in [0.29, 0.717) is 32.0 Å².